The number of hydrogen-bond donors (Lipinski definition) is 0. The van der Waals surface area contributed by atoms with E-state index in [4.69, 9.17) is 0 Å². The van der Waals surface area contributed by atoms with Crippen LogP contribution in [0.2, 0.25) is 0 Å². The molecule has 0 bridgehead atoms. The van der Waals surface area contributed by atoms with Crippen LogP contribution in [0.15, 0.2) is 12.2 Å². The maximum Gasteiger partial charge on any atom is -0.0167 e. The predicted octanol–water partition coefficient (Wildman–Crippen LogP) is 3.20. The second kappa shape index (κ2) is 3.00. The van der Waals surface area contributed by atoms with Gasteiger partial charge in [0, 0.05) is 0 Å². The summed E-state index contributed by atoms with van der Waals surface area (Å²) in [6.07, 6.45) is 12.7. The van der Waals surface area contributed by atoms with Gasteiger partial charge in [-0.2, -0.15) is 0 Å². The van der Waals surface area contributed by atoms with Gasteiger partial charge in [-0.3, -0.25) is 0 Å². The van der Waals surface area contributed by atoms with Crippen molar-refractivity contribution in [3.63, 3.8) is 0 Å². The van der Waals surface area contributed by atoms with Crippen molar-refractivity contribution >= 4 is 0 Å². The molecule has 2 rings (SSSR count). The summed E-state index contributed by atoms with van der Waals surface area (Å²) in [6, 6.07) is 0. The quantitative estimate of drug-likeness (QED) is 0.496. The van der Waals surface area contributed by atoms with Crippen molar-refractivity contribution in [1.29, 1.82) is 0 Å². The maximum atomic E-state index is 2.43. The van der Waals surface area contributed by atoms with Gasteiger partial charge in [0.25, 0.3) is 0 Å². The first kappa shape index (κ1) is 7.39. The fraction of sp³-hybridized carbons (Fsp3) is 0.727. The lowest BCUT2D eigenvalue weighted by atomic mass is 9.69. The van der Waals surface area contributed by atoms with Crippen LogP contribution in [0.3, 0.4) is 0 Å². The zero-order chi connectivity index (χ0) is 7.68. The van der Waals surface area contributed by atoms with Crippen LogP contribution in [0.4, 0.5) is 0 Å². The molecule has 2 aliphatic rings. The van der Waals surface area contributed by atoms with Gasteiger partial charge in [-0.1, -0.05) is 31.9 Å². The molecule has 0 N–H and O–H groups in total. The third kappa shape index (κ3) is 1.36. The Kier molecular flexibility index (Phi) is 2.02. The molecule has 1 fully saturated rings. The van der Waals surface area contributed by atoms with E-state index < -0.39 is 0 Å². The minimum absolute atomic E-state index is 0.911. The van der Waals surface area contributed by atoms with Crippen molar-refractivity contribution < 1.29 is 0 Å². The smallest absolute Gasteiger partial charge is 0.0167 e. The van der Waals surface area contributed by atoms with Crippen molar-refractivity contribution in [2.45, 2.75) is 32.6 Å². The Morgan fingerprint density at radius 3 is 3.00 bits per heavy atom. The molecule has 3 atom stereocenters. The molecular weight excluding hydrogens is 132 g/mol. The van der Waals surface area contributed by atoms with Crippen LogP contribution >= 0.6 is 0 Å². The molecule has 0 spiro atoms. The lowest BCUT2D eigenvalue weighted by molar-refractivity contribution is 0.202. The molecule has 0 saturated heterocycles. The fourth-order valence-corrected chi connectivity index (χ4v) is 2.63. The topological polar surface area (TPSA) is 0 Å². The molecule has 0 nitrogen and oxygen atoms in total. The molecule has 1 saturated carbocycles. The average molecular weight is 149 g/mol. The summed E-state index contributed by atoms with van der Waals surface area (Å²) in [7, 11) is 0. The summed E-state index contributed by atoms with van der Waals surface area (Å²) in [5.41, 5.74) is 0. The van der Waals surface area contributed by atoms with Crippen LogP contribution in [0.5, 0.6) is 0 Å². The highest BCUT2D eigenvalue weighted by atomic mass is 14.3. The van der Waals surface area contributed by atoms with Gasteiger partial charge >= 0.3 is 0 Å². The van der Waals surface area contributed by atoms with Gasteiger partial charge in [-0.05, 0) is 37.0 Å². The molecule has 0 aromatic heterocycles. The monoisotopic (exact) mass is 149 g/mol. The standard InChI is InChI=1S/C11H17/c1-9-5-4-7-10-6-2-3-8-11(9)10/h2-3,8-11H,4-7H2,1H3. The normalized spacial score (nSPS) is 43.5. The van der Waals surface area contributed by atoms with E-state index in [0.717, 1.165) is 17.8 Å². The lowest BCUT2D eigenvalue weighted by Crippen LogP contribution is -2.26. The molecule has 2 aliphatic carbocycles. The van der Waals surface area contributed by atoms with Crippen LogP contribution < -0.4 is 0 Å². The van der Waals surface area contributed by atoms with Gasteiger partial charge in [-0.25, -0.2) is 0 Å². The first-order chi connectivity index (χ1) is 5.38. The van der Waals surface area contributed by atoms with Crippen molar-refractivity contribution in [3.05, 3.63) is 18.6 Å². The molecular formula is C11H17. The molecule has 3 unspecified atom stereocenters. The van der Waals surface area contributed by atoms with E-state index in [1.165, 1.54) is 25.7 Å². The Hall–Kier alpha value is -0.260. The zero-order valence-electron chi connectivity index (χ0n) is 7.29. The first-order valence-electron chi connectivity index (χ1n) is 4.88. The average Bonchev–Trinajstić information content (AvgIpc) is 2.06. The van der Waals surface area contributed by atoms with E-state index in [2.05, 4.69) is 25.5 Å². The number of hydrogen-bond acceptors (Lipinski definition) is 0. The Morgan fingerprint density at radius 1 is 1.27 bits per heavy atom. The molecule has 0 aromatic carbocycles. The third-order valence-electron chi connectivity index (χ3n) is 3.34. The molecule has 0 aromatic rings. The van der Waals surface area contributed by atoms with Gasteiger partial charge in [0.15, 0.2) is 0 Å². The van der Waals surface area contributed by atoms with Gasteiger partial charge in [0.2, 0.25) is 0 Å². The predicted molar refractivity (Wildman–Crippen MR) is 48.1 cm³/mol. The fourth-order valence-electron chi connectivity index (χ4n) is 2.63. The van der Waals surface area contributed by atoms with E-state index in [1.54, 1.807) is 0 Å². The Labute approximate surface area is 69.7 Å². The molecule has 61 valence electrons. The molecule has 0 heteroatoms. The molecule has 11 heavy (non-hydrogen) atoms. The maximum absolute atomic E-state index is 2.43. The van der Waals surface area contributed by atoms with E-state index in [0.29, 0.717) is 0 Å². The van der Waals surface area contributed by atoms with E-state index in [-0.39, 0.29) is 0 Å². The van der Waals surface area contributed by atoms with Crippen molar-refractivity contribution in [3.8, 4) is 0 Å². The van der Waals surface area contributed by atoms with Gasteiger partial charge in [0.05, 0.1) is 0 Å². The van der Waals surface area contributed by atoms with Crippen LogP contribution in [0.25, 0.3) is 0 Å². The second-order valence-corrected chi connectivity index (χ2v) is 4.10. The van der Waals surface area contributed by atoms with Crippen molar-refractivity contribution in [2.75, 3.05) is 0 Å². The Morgan fingerprint density at radius 2 is 2.18 bits per heavy atom. The number of fused-ring (bicyclic) bond motifs is 1. The molecule has 1 radical (unpaired) electrons. The van der Waals surface area contributed by atoms with Crippen molar-refractivity contribution in [1.82, 2.24) is 0 Å². The van der Waals surface area contributed by atoms with Gasteiger partial charge in [-0.15, -0.1) is 0 Å². The highest BCUT2D eigenvalue weighted by Gasteiger charge is 2.29. The third-order valence-corrected chi connectivity index (χ3v) is 3.34. The zero-order valence-corrected chi connectivity index (χ0v) is 7.29. The molecule has 0 aliphatic heterocycles. The van der Waals surface area contributed by atoms with Crippen LogP contribution in [0, 0.1) is 24.2 Å². The van der Waals surface area contributed by atoms with Crippen LogP contribution in [-0.4, -0.2) is 0 Å². The summed E-state index contributed by atoms with van der Waals surface area (Å²) >= 11 is 0. The highest BCUT2D eigenvalue weighted by Crippen LogP contribution is 2.40. The second-order valence-electron chi connectivity index (χ2n) is 4.10. The molecule has 0 amide bonds. The first-order valence-corrected chi connectivity index (χ1v) is 4.88. The van der Waals surface area contributed by atoms with Crippen LogP contribution in [0.1, 0.15) is 32.6 Å². The number of rotatable bonds is 0. The minimum Gasteiger partial charge on any atom is -0.0846 e. The van der Waals surface area contributed by atoms with E-state index >= 15 is 0 Å². The molecule has 0 heterocycles. The van der Waals surface area contributed by atoms with E-state index in [9.17, 15) is 0 Å². The summed E-state index contributed by atoms with van der Waals surface area (Å²) in [5.74, 6) is 2.84. The van der Waals surface area contributed by atoms with E-state index in [1.807, 2.05) is 0 Å². The van der Waals surface area contributed by atoms with Gasteiger partial charge < -0.3 is 0 Å². The largest absolute Gasteiger partial charge is 0.0846 e. The number of allylic oxidation sites excluding steroid dienone is 2. The van der Waals surface area contributed by atoms with Crippen molar-refractivity contribution in [2.24, 2.45) is 17.8 Å². The summed E-state index contributed by atoms with van der Waals surface area (Å²) in [6.45, 7) is 2.41. The van der Waals surface area contributed by atoms with Crippen LogP contribution in [-0.2, 0) is 0 Å². The highest BCUT2D eigenvalue weighted by molar-refractivity contribution is 5.08. The SMILES string of the molecule is CC1CCCC2C[CH]C=CC12. The Balaban J connectivity index is 2.09. The Bertz CT molecular complexity index is 157. The lowest BCUT2D eigenvalue weighted by Gasteiger charge is -2.36. The summed E-state index contributed by atoms with van der Waals surface area (Å²) in [5, 5.41) is 0. The van der Waals surface area contributed by atoms with Gasteiger partial charge in [0.1, 0.15) is 0 Å². The minimum atomic E-state index is 0.911. The summed E-state index contributed by atoms with van der Waals surface area (Å²) < 4.78 is 0. The summed E-state index contributed by atoms with van der Waals surface area (Å²) in [4.78, 5) is 0.